The van der Waals surface area contributed by atoms with Gasteiger partial charge in [-0.05, 0) is 62.2 Å². The quantitative estimate of drug-likeness (QED) is 0.726. The summed E-state index contributed by atoms with van der Waals surface area (Å²) < 4.78 is 5.12. The molecule has 0 atom stereocenters. The van der Waals surface area contributed by atoms with E-state index in [1.54, 1.807) is 45.2 Å². The van der Waals surface area contributed by atoms with Gasteiger partial charge >= 0.3 is 0 Å². The van der Waals surface area contributed by atoms with E-state index in [4.69, 9.17) is 16.3 Å². The molecular formula is C20H23ClN2O3. The van der Waals surface area contributed by atoms with Crippen LogP contribution in [0.1, 0.15) is 19.4 Å². The molecule has 0 aliphatic rings. The molecule has 5 nitrogen and oxygen atoms in total. The maximum absolute atomic E-state index is 12.4. The van der Waals surface area contributed by atoms with E-state index in [-0.39, 0.29) is 11.8 Å². The van der Waals surface area contributed by atoms with Gasteiger partial charge in [0.1, 0.15) is 11.2 Å². The molecule has 26 heavy (non-hydrogen) atoms. The lowest BCUT2D eigenvalue weighted by Crippen LogP contribution is -2.45. The first kappa shape index (κ1) is 19.8. The van der Waals surface area contributed by atoms with Crippen LogP contribution in [0.25, 0.3) is 0 Å². The van der Waals surface area contributed by atoms with E-state index in [2.05, 4.69) is 10.6 Å². The van der Waals surface area contributed by atoms with Crippen molar-refractivity contribution in [3.8, 4) is 5.75 Å². The molecule has 2 N–H and O–H groups in total. The van der Waals surface area contributed by atoms with Gasteiger partial charge < -0.3 is 15.4 Å². The van der Waals surface area contributed by atoms with Crippen molar-refractivity contribution in [3.63, 3.8) is 0 Å². The minimum atomic E-state index is -1.19. The van der Waals surface area contributed by atoms with Gasteiger partial charge in [0, 0.05) is 17.3 Å². The van der Waals surface area contributed by atoms with Gasteiger partial charge in [-0.2, -0.15) is 0 Å². The number of carbonyl (C=O) groups is 2. The first-order valence-electron chi connectivity index (χ1n) is 8.31. The van der Waals surface area contributed by atoms with Crippen LogP contribution in [0.2, 0.25) is 5.02 Å². The predicted octanol–water partition coefficient (Wildman–Crippen LogP) is 3.67. The number of methoxy groups -OCH3 is 1. The second kappa shape index (κ2) is 8.72. The number of anilines is 1. The highest BCUT2D eigenvalue weighted by Gasteiger charge is 2.35. The summed E-state index contributed by atoms with van der Waals surface area (Å²) in [6, 6.07) is 14.4. The largest absolute Gasteiger partial charge is 0.497 e. The van der Waals surface area contributed by atoms with E-state index in [1.165, 1.54) is 0 Å². The monoisotopic (exact) mass is 374 g/mol. The second-order valence-corrected chi connectivity index (χ2v) is 6.88. The van der Waals surface area contributed by atoms with Crippen molar-refractivity contribution in [2.45, 2.75) is 20.3 Å². The van der Waals surface area contributed by atoms with E-state index < -0.39 is 5.41 Å². The summed E-state index contributed by atoms with van der Waals surface area (Å²) >= 11 is 5.83. The van der Waals surface area contributed by atoms with Crippen molar-refractivity contribution >= 4 is 29.1 Å². The molecule has 0 bridgehead atoms. The molecule has 6 heteroatoms. The zero-order valence-corrected chi connectivity index (χ0v) is 15.9. The van der Waals surface area contributed by atoms with Gasteiger partial charge in [-0.1, -0.05) is 23.7 Å². The Kier molecular flexibility index (Phi) is 6.64. The number of halogens is 1. The maximum atomic E-state index is 12.4. The Hall–Kier alpha value is -2.53. The molecule has 2 aromatic carbocycles. The zero-order valence-electron chi connectivity index (χ0n) is 15.1. The molecule has 0 unspecified atom stereocenters. The van der Waals surface area contributed by atoms with Crippen molar-refractivity contribution in [2.75, 3.05) is 19.0 Å². The maximum Gasteiger partial charge on any atom is 0.239 e. The van der Waals surface area contributed by atoms with Crippen molar-refractivity contribution in [1.82, 2.24) is 5.32 Å². The minimum absolute atomic E-state index is 0.322. The second-order valence-electron chi connectivity index (χ2n) is 6.44. The Labute approximate surface area is 158 Å². The van der Waals surface area contributed by atoms with Crippen LogP contribution in [-0.2, 0) is 16.0 Å². The molecule has 0 aromatic heterocycles. The Morgan fingerprint density at radius 2 is 1.62 bits per heavy atom. The number of rotatable bonds is 7. The molecule has 0 aliphatic heterocycles. The predicted molar refractivity (Wildman–Crippen MR) is 104 cm³/mol. The van der Waals surface area contributed by atoms with E-state index in [9.17, 15) is 9.59 Å². The molecule has 0 saturated heterocycles. The van der Waals surface area contributed by atoms with Crippen LogP contribution in [0.5, 0.6) is 5.75 Å². The fourth-order valence-electron chi connectivity index (χ4n) is 2.26. The highest BCUT2D eigenvalue weighted by Crippen LogP contribution is 2.20. The van der Waals surface area contributed by atoms with Gasteiger partial charge in [-0.3, -0.25) is 9.59 Å². The molecule has 0 aliphatic carbocycles. The average molecular weight is 375 g/mol. The first-order valence-corrected chi connectivity index (χ1v) is 8.69. The molecule has 2 rings (SSSR count). The lowest BCUT2D eigenvalue weighted by atomic mass is 9.91. The van der Waals surface area contributed by atoms with Gasteiger partial charge in [-0.15, -0.1) is 0 Å². The summed E-state index contributed by atoms with van der Waals surface area (Å²) in [5.74, 6) is 0.0945. The third-order valence-corrected chi connectivity index (χ3v) is 4.35. The summed E-state index contributed by atoms with van der Waals surface area (Å²) in [4.78, 5) is 24.9. The number of hydrogen-bond donors (Lipinski definition) is 2. The Bertz CT molecular complexity index is 756. The van der Waals surface area contributed by atoms with Crippen molar-refractivity contribution < 1.29 is 14.3 Å². The molecule has 2 amide bonds. The summed E-state index contributed by atoms with van der Waals surface area (Å²) in [6.45, 7) is 3.64. The third-order valence-electron chi connectivity index (χ3n) is 4.10. The van der Waals surface area contributed by atoms with Gasteiger partial charge in [0.25, 0.3) is 0 Å². The Morgan fingerprint density at radius 3 is 2.19 bits per heavy atom. The smallest absolute Gasteiger partial charge is 0.239 e. The highest BCUT2D eigenvalue weighted by molar-refractivity contribution is 6.30. The fraction of sp³-hybridized carbons (Fsp3) is 0.300. The standard InChI is InChI=1S/C20H23ClN2O3/c1-20(2,19(25)23-16-8-6-15(21)7-9-16)18(24)22-13-12-14-4-10-17(26-3)11-5-14/h4-11H,12-13H2,1-3H3,(H,22,24)(H,23,25). The van der Waals surface area contributed by atoms with Gasteiger partial charge in [0.05, 0.1) is 7.11 Å². The van der Waals surface area contributed by atoms with Crippen LogP contribution >= 0.6 is 11.6 Å². The number of ether oxygens (including phenoxy) is 1. The van der Waals surface area contributed by atoms with Crippen LogP contribution in [0.15, 0.2) is 48.5 Å². The van der Waals surface area contributed by atoms with Gasteiger partial charge in [-0.25, -0.2) is 0 Å². The molecule has 0 saturated carbocycles. The number of hydrogen-bond acceptors (Lipinski definition) is 3. The fourth-order valence-corrected chi connectivity index (χ4v) is 2.38. The molecule has 0 radical (unpaired) electrons. The Balaban J connectivity index is 1.87. The van der Waals surface area contributed by atoms with Crippen LogP contribution in [0, 0.1) is 5.41 Å². The van der Waals surface area contributed by atoms with Crippen LogP contribution in [0.4, 0.5) is 5.69 Å². The van der Waals surface area contributed by atoms with E-state index in [0.717, 1.165) is 11.3 Å². The van der Waals surface area contributed by atoms with Crippen molar-refractivity contribution in [2.24, 2.45) is 5.41 Å². The van der Waals surface area contributed by atoms with Crippen LogP contribution < -0.4 is 15.4 Å². The third kappa shape index (κ3) is 5.23. The number of amides is 2. The normalized spacial score (nSPS) is 10.9. The van der Waals surface area contributed by atoms with Crippen LogP contribution in [0.3, 0.4) is 0 Å². The molecular weight excluding hydrogens is 352 g/mol. The zero-order chi connectivity index (χ0) is 19.2. The highest BCUT2D eigenvalue weighted by atomic mass is 35.5. The molecule has 138 valence electrons. The topological polar surface area (TPSA) is 67.4 Å². The Morgan fingerprint density at radius 1 is 1.00 bits per heavy atom. The lowest BCUT2D eigenvalue weighted by Gasteiger charge is -2.22. The summed E-state index contributed by atoms with van der Waals surface area (Å²) in [6.07, 6.45) is 0.671. The number of benzene rings is 2. The molecule has 0 spiro atoms. The summed E-state index contributed by atoms with van der Waals surface area (Å²) in [5, 5.41) is 6.14. The SMILES string of the molecule is COc1ccc(CCNC(=O)C(C)(C)C(=O)Nc2ccc(Cl)cc2)cc1. The van der Waals surface area contributed by atoms with E-state index in [0.29, 0.717) is 23.7 Å². The van der Waals surface area contributed by atoms with E-state index >= 15 is 0 Å². The number of carbonyl (C=O) groups excluding carboxylic acids is 2. The summed E-state index contributed by atoms with van der Waals surface area (Å²) in [5.41, 5.74) is 0.479. The van der Waals surface area contributed by atoms with Gasteiger partial charge in [0.15, 0.2) is 0 Å². The molecule has 0 fully saturated rings. The summed E-state index contributed by atoms with van der Waals surface area (Å²) in [7, 11) is 1.62. The first-order chi connectivity index (χ1) is 12.3. The van der Waals surface area contributed by atoms with Crippen LogP contribution in [-0.4, -0.2) is 25.5 Å². The lowest BCUT2D eigenvalue weighted by molar-refractivity contribution is -0.138. The average Bonchev–Trinajstić information content (AvgIpc) is 2.64. The molecule has 0 heterocycles. The van der Waals surface area contributed by atoms with E-state index in [1.807, 2.05) is 24.3 Å². The van der Waals surface area contributed by atoms with Gasteiger partial charge in [0.2, 0.25) is 11.8 Å². The molecule has 2 aromatic rings. The van der Waals surface area contributed by atoms with Crippen molar-refractivity contribution in [1.29, 1.82) is 0 Å². The van der Waals surface area contributed by atoms with Crippen molar-refractivity contribution in [3.05, 3.63) is 59.1 Å². The minimum Gasteiger partial charge on any atom is -0.497 e. The number of nitrogens with one attached hydrogen (secondary N) is 2.